The number of rotatable bonds is 4. The first-order valence-electron chi connectivity index (χ1n) is 7.38. The quantitative estimate of drug-likeness (QED) is 0.758. The molecule has 1 N–H and O–H groups in total. The maximum Gasteiger partial charge on any atom is 0.132 e. The number of hydrogen-bond acceptors (Lipinski definition) is 1. The first-order valence-corrected chi connectivity index (χ1v) is 7.38. The smallest absolute Gasteiger partial charge is 0.132 e. The second-order valence-electron chi connectivity index (χ2n) is 5.32. The first-order chi connectivity index (χ1) is 10.7. The molecular weight excluding hydrogens is 275 g/mol. The second kappa shape index (κ2) is 6.16. The number of aromatic nitrogens is 1. The van der Waals surface area contributed by atoms with Crippen LogP contribution in [0.25, 0.3) is 16.9 Å². The Kier molecular flexibility index (Phi) is 4.07. The van der Waals surface area contributed by atoms with Gasteiger partial charge < -0.3 is 9.88 Å². The van der Waals surface area contributed by atoms with Gasteiger partial charge in [-0.25, -0.2) is 4.39 Å². The van der Waals surface area contributed by atoms with E-state index in [1.165, 1.54) is 11.6 Å². The fraction of sp³-hybridized carbons (Fsp3) is 0.158. The fourth-order valence-corrected chi connectivity index (χ4v) is 2.80. The van der Waals surface area contributed by atoms with Crippen molar-refractivity contribution in [3.8, 4) is 16.9 Å². The average Bonchev–Trinajstić information content (AvgIpc) is 2.86. The molecule has 1 aromatic heterocycles. The molecule has 0 atom stereocenters. The van der Waals surface area contributed by atoms with Gasteiger partial charge in [0.25, 0.3) is 0 Å². The minimum absolute atomic E-state index is 0.201. The van der Waals surface area contributed by atoms with E-state index >= 15 is 0 Å². The largest absolute Gasteiger partial charge is 0.316 e. The Bertz CT molecular complexity index is 775. The highest BCUT2D eigenvalue weighted by atomic mass is 19.1. The van der Waals surface area contributed by atoms with Crippen molar-refractivity contribution in [3.63, 3.8) is 0 Å². The van der Waals surface area contributed by atoms with Gasteiger partial charge in [0.15, 0.2) is 0 Å². The van der Waals surface area contributed by atoms with Gasteiger partial charge in [0, 0.05) is 23.5 Å². The van der Waals surface area contributed by atoms with Crippen LogP contribution >= 0.6 is 0 Å². The predicted octanol–water partition coefficient (Wildman–Crippen LogP) is 4.31. The summed E-state index contributed by atoms with van der Waals surface area (Å²) >= 11 is 0. The second-order valence-corrected chi connectivity index (χ2v) is 5.32. The molecule has 0 unspecified atom stereocenters. The van der Waals surface area contributed by atoms with Gasteiger partial charge in [-0.2, -0.15) is 0 Å². The molecule has 1 heterocycles. The topological polar surface area (TPSA) is 17.0 Å². The van der Waals surface area contributed by atoms with Crippen LogP contribution in [0.1, 0.15) is 11.3 Å². The van der Waals surface area contributed by atoms with Crippen LogP contribution in [0.5, 0.6) is 0 Å². The van der Waals surface area contributed by atoms with Gasteiger partial charge in [0.1, 0.15) is 5.82 Å². The van der Waals surface area contributed by atoms with E-state index in [9.17, 15) is 4.39 Å². The summed E-state index contributed by atoms with van der Waals surface area (Å²) in [5, 5.41) is 3.18. The Balaban J connectivity index is 2.25. The summed E-state index contributed by atoms with van der Waals surface area (Å²) in [7, 11) is 1.92. The van der Waals surface area contributed by atoms with E-state index in [0.717, 1.165) is 23.6 Å². The molecule has 3 heteroatoms. The lowest BCUT2D eigenvalue weighted by Gasteiger charge is -2.13. The summed E-state index contributed by atoms with van der Waals surface area (Å²) < 4.78 is 16.4. The van der Waals surface area contributed by atoms with Crippen molar-refractivity contribution in [2.24, 2.45) is 0 Å². The predicted molar refractivity (Wildman–Crippen MR) is 88.7 cm³/mol. The van der Waals surface area contributed by atoms with Gasteiger partial charge >= 0.3 is 0 Å². The van der Waals surface area contributed by atoms with Crippen molar-refractivity contribution in [2.75, 3.05) is 7.05 Å². The van der Waals surface area contributed by atoms with E-state index < -0.39 is 0 Å². The number of halogens is 1. The van der Waals surface area contributed by atoms with Gasteiger partial charge in [-0.1, -0.05) is 30.3 Å². The van der Waals surface area contributed by atoms with Crippen LogP contribution in [-0.4, -0.2) is 11.6 Å². The monoisotopic (exact) mass is 294 g/mol. The number of hydrogen-bond donors (Lipinski definition) is 1. The fourth-order valence-electron chi connectivity index (χ4n) is 2.80. The first kappa shape index (κ1) is 14.5. The van der Waals surface area contributed by atoms with Gasteiger partial charge in [-0.15, -0.1) is 0 Å². The molecule has 0 spiro atoms. The van der Waals surface area contributed by atoms with E-state index in [-0.39, 0.29) is 5.82 Å². The van der Waals surface area contributed by atoms with Crippen LogP contribution in [0.15, 0.2) is 60.7 Å². The molecule has 0 aliphatic rings. The third kappa shape index (κ3) is 2.55. The van der Waals surface area contributed by atoms with E-state index in [4.69, 9.17) is 0 Å². The molecule has 0 saturated carbocycles. The summed E-state index contributed by atoms with van der Waals surface area (Å²) in [4.78, 5) is 0. The summed E-state index contributed by atoms with van der Waals surface area (Å²) in [6, 6.07) is 19.1. The van der Waals surface area contributed by atoms with Gasteiger partial charge in [0.05, 0.1) is 5.69 Å². The lowest BCUT2D eigenvalue weighted by Crippen LogP contribution is -2.06. The molecule has 0 fully saturated rings. The number of benzene rings is 2. The lowest BCUT2D eigenvalue weighted by atomic mass is 10.1. The van der Waals surface area contributed by atoms with Crippen molar-refractivity contribution in [1.29, 1.82) is 0 Å². The molecule has 22 heavy (non-hydrogen) atoms. The normalized spacial score (nSPS) is 10.9. The zero-order valence-corrected chi connectivity index (χ0v) is 12.8. The Morgan fingerprint density at radius 2 is 1.68 bits per heavy atom. The zero-order valence-electron chi connectivity index (χ0n) is 12.8. The third-order valence-corrected chi connectivity index (χ3v) is 3.88. The van der Waals surface area contributed by atoms with Gasteiger partial charge in [0.2, 0.25) is 0 Å². The van der Waals surface area contributed by atoms with E-state index in [1.54, 1.807) is 6.07 Å². The van der Waals surface area contributed by atoms with Crippen molar-refractivity contribution >= 4 is 0 Å². The maximum absolute atomic E-state index is 14.3. The van der Waals surface area contributed by atoms with E-state index in [1.807, 2.05) is 49.5 Å². The van der Waals surface area contributed by atoms with Crippen LogP contribution in [0.4, 0.5) is 4.39 Å². The Hall–Kier alpha value is -2.39. The molecule has 0 bridgehead atoms. The van der Waals surface area contributed by atoms with Crippen LogP contribution in [-0.2, 0) is 6.54 Å². The van der Waals surface area contributed by atoms with Crippen LogP contribution in [0.3, 0.4) is 0 Å². The highest BCUT2D eigenvalue weighted by molar-refractivity contribution is 5.66. The van der Waals surface area contributed by atoms with E-state index in [2.05, 4.69) is 22.9 Å². The summed E-state index contributed by atoms with van der Waals surface area (Å²) in [5.41, 5.74) is 4.84. The molecule has 3 aromatic rings. The lowest BCUT2D eigenvalue weighted by molar-refractivity contribution is 0.630. The molecule has 3 rings (SSSR count). The molecule has 0 aliphatic carbocycles. The maximum atomic E-state index is 14.3. The highest BCUT2D eigenvalue weighted by Gasteiger charge is 2.16. The molecule has 0 amide bonds. The van der Waals surface area contributed by atoms with Crippen molar-refractivity contribution < 1.29 is 4.39 Å². The molecule has 112 valence electrons. The summed E-state index contributed by atoms with van der Waals surface area (Å²) in [6.45, 7) is 2.83. The zero-order chi connectivity index (χ0) is 15.5. The minimum atomic E-state index is -0.201. The van der Waals surface area contributed by atoms with Crippen molar-refractivity contribution in [3.05, 3.63) is 77.7 Å². The average molecular weight is 294 g/mol. The van der Waals surface area contributed by atoms with Gasteiger partial charge in [-0.3, -0.25) is 0 Å². The highest BCUT2D eigenvalue weighted by Crippen LogP contribution is 2.31. The van der Waals surface area contributed by atoms with Gasteiger partial charge in [-0.05, 0) is 49.9 Å². The number of nitrogens with zero attached hydrogens (tertiary/aromatic N) is 1. The molecule has 0 aliphatic heterocycles. The van der Waals surface area contributed by atoms with Crippen LogP contribution < -0.4 is 5.32 Å². The Labute approximate surface area is 130 Å². The standard InChI is InChI=1S/C19H19FN2/c1-14-15(13-21-2)12-19(17-10-6-7-11-18(17)20)22(14)16-8-4-3-5-9-16/h3-12,21H,13H2,1-2H3. The summed E-state index contributed by atoms with van der Waals surface area (Å²) in [6.07, 6.45) is 0. The molecule has 0 radical (unpaired) electrons. The third-order valence-electron chi connectivity index (χ3n) is 3.88. The SMILES string of the molecule is CNCc1cc(-c2ccccc2F)n(-c2ccccc2)c1C. The van der Waals surface area contributed by atoms with Crippen LogP contribution in [0.2, 0.25) is 0 Å². The molecular formula is C19H19FN2. The molecule has 0 saturated heterocycles. The van der Waals surface area contributed by atoms with Crippen LogP contribution in [0, 0.1) is 12.7 Å². The van der Waals surface area contributed by atoms with E-state index in [0.29, 0.717) is 5.56 Å². The number of nitrogens with one attached hydrogen (secondary N) is 1. The Morgan fingerprint density at radius 3 is 2.36 bits per heavy atom. The van der Waals surface area contributed by atoms with Crippen molar-refractivity contribution in [2.45, 2.75) is 13.5 Å². The molecule has 2 aromatic carbocycles. The van der Waals surface area contributed by atoms with Crippen molar-refractivity contribution in [1.82, 2.24) is 9.88 Å². The minimum Gasteiger partial charge on any atom is -0.316 e. The molecule has 2 nitrogen and oxygen atoms in total. The Morgan fingerprint density at radius 1 is 1.00 bits per heavy atom. The number of para-hydroxylation sites is 1. The summed E-state index contributed by atoms with van der Waals surface area (Å²) in [5.74, 6) is -0.201.